The summed E-state index contributed by atoms with van der Waals surface area (Å²) in [5.74, 6) is -0.406. The van der Waals surface area contributed by atoms with Gasteiger partial charge in [-0.3, -0.25) is 29.8 Å². The number of nitrogens with zero attached hydrogens (tertiary/aromatic N) is 3. The predicted molar refractivity (Wildman–Crippen MR) is 212 cm³/mol. The van der Waals surface area contributed by atoms with Gasteiger partial charge in [-0.25, -0.2) is 5.48 Å². The van der Waals surface area contributed by atoms with Crippen LogP contribution in [0.15, 0.2) is 97.1 Å². The molecular formula is C43H51N5O8. The first-order valence-electron chi connectivity index (χ1n) is 19.4. The molecule has 0 aromatic heterocycles. The fourth-order valence-corrected chi connectivity index (χ4v) is 7.29. The number of hydroxylamine groups is 1. The number of nitrogens with one attached hydrogen (secondary N) is 2. The molecule has 13 nitrogen and oxygen atoms in total. The summed E-state index contributed by atoms with van der Waals surface area (Å²) < 4.78 is 13.4. The number of nitro benzene ring substituents is 1. The van der Waals surface area contributed by atoms with Crippen molar-refractivity contribution in [2.45, 2.75) is 76.6 Å². The summed E-state index contributed by atoms with van der Waals surface area (Å²) in [5, 5.41) is 32.3. The number of benzene rings is 4. The number of aliphatic hydroxyl groups excluding tert-OH is 1. The molecule has 4 aromatic carbocycles. The third-order valence-corrected chi connectivity index (χ3v) is 10.5. The van der Waals surface area contributed by atoms with Gasteiger partial charge in [0.1, 0.15) is 0 Å². The van der Waals surface area contributed by atoms with Crippen LogP contribution in [0.5, 0.6) is 0 Å². The van der Waals surface area contributed by atoms with Crippen molar-refractivity contribution in [1.29, 1.82) is 0 Å². The van der Waals surface area contributed by atoms with Crippen LogP contribution in [0, 0.1) is 10.1 Å². The molecule has 0 aliphatic carbocycles. The van der Waals surface area contributed by atoms with Crippen molar-refractivity contribution in [3.8, 4) is 11.1 Å². The van der Waals surface area contributed by atoms with Gasteiger partial charge >= 0.3 is 0 Å². The minimum atomic E-state index is -0.605. The Bertz CT molecular complexity index is 1900. The highest BCUT2D eigenvalue weighted by Gasteiger charge is 2.34. The number of nitro groups is 1. The van der Waals surface area contributed by atoms with Crippen LogP contribution in [0.2, 0.25) is 0 Å². The highest BCUT2D eigenvalue weighted by atomic mass is 16.7. The van der Waals surface area contributed by atoms with Gasteiger partial charge < -0.3 is 24.8 Å². The van der Waals surface area contributed by atoms with Crippen molar-refractivity contribution < 1.29 is 34.3 Å². The number of amides is 2. The van der Waals surface area contributed by atoms with Crippen LogP contribution in [0.1, 0.15) is 79.6 Å². The Labute approximate surface area is 327 Å². The summed E-state index contributed by atoms with van der Waals surface area (Å²) in [6.45, 7) is 4.39. The first kappa shape index (κ1) is 40.5. The van der Waals surface area contributed by atoms with E-state index in [1.807, 2.05) is 60.7 Å². The summed E-state index contributed by atoms with van der Waals surface area (Å²) >= 11 is 0. The van der Waals surface area contributed by atoms with E-state index in [0.717, 1.165) is 91.1 Å². The Morgan fingerprint density at radius 2 is 1.45 bits per heavy atom. The first-order valence-corrected chi connectivity index (χ1v) is 19.4. The molecule has 2 fully saturated rings. The molecule has 2 aliphatic rings. The van der Waals surface area contributed by atoms with E-state index in [-0.39, 0.29) is 41.8 Å². The number of hydrogen-bond acceptors (Lipinski definition) is 10. The zero-order valence-corrected chi connectivity index (χ0v) is 31.6. The number of hydrogen-bond donors (Lipinski definition) is 4. The van der Waals surface area contributed by atoms with E-state index in [0.29, 0.717) is 25.8 Å². The van der Waals surface area contributed by atoms with Crippen molar-refractivity contribution in [3.63, 3.8) is 0 Å². The monoisotopic (exact) mass is 765 g/mol. The van der Waals surface area contributed by atoms with E-state index in [1.54, 1.807) is 17.6 Å². The lowest BCUT2D eigenvalue weighted by atomic mass is 9.98. The molecule has 6 rings (SSSR count). The van der Waals surface area contributed by atoms with Gasteiger partial charge in [0, 0.05) is 81.9 Å². The van der Waals surface area contributed by atoms with Gasteiger partial charge in [0.05, 0.1) is 23.7 Å². The Morgan fingerprint density at radius 3 is 2.12 bits per heavy atom. The molecule has 0 unspecified atom stereocenters. The van der Waals surface area contributed by atoms with Gasteiger partial charge in [0.25, 0.3) is 5.69 Å². The molecule has 2 saturated heterocycles. The number of unbranched alkanes of at least 4 members (excludes halogenated alkanes) is 3. The Balaban J connectivity index is 1.08. The number of carbonyl (C=O) groups is 2. The second kappa shape index (κ2) is 20.1. The topological polar surface area (TPSA) is 167 Å². The van der Waals surface area contributed by atoms with Crippen LogP contribution in [-0.2, 0) is 32.2 Å². The van der Waals surface area contributed by atoms with Gasteiger partial charge in [-0.1, -0.05) is 73.5 Å². The molecule has 0 spiro atoms. The molecule has 13 heteroatoms. The molecule has 2 heterocycles. The second-order valence-electron chi connectivity index (χ2n) is 14.5. The highest BCUT2D eigenvalue weighted by Crippen LogP contribution is 2.39. The van der Waals surface area contributed by atoms with E-state index < -0.39 is 12.2 Å². The van der Waals surface area contributed by atoms with Crippen molar-refractivity contribution in [1.82, 2.24) is 15.7 Å². The molecule has 296 valence electrons. The summed E-state index contributed by atoms with van der Waals surface area (Å²) in [5.41, 5.74) is 8.48. The standard InChI is InChI=1S/C43H51N5O8/c49-30-31-13-15-33(16-14-31)40-27-39(29-46-21-23-47(24-22-46)37-17-19-38(20-18-37)48(53)54)55-43(56-40)36-10-6-9-35(26-36)34-8-5-7-32(25-34)28-44-41(50)11-3-1-2-4-12-42(51)45-52/h5-10,13-20,25-26,39-40,43,49,52H,1-4,11-12,21-24,27-30H2,(H,44,50)(H,45,51)/t39-,40+,43+/m0/s1. The number of ether oxygens (including phenoxy) is 2. The zero-order valence-electron chi connectivity index (χ0n) is 31.6. The Hall–Kier alpha value is -5.18. The maximum Gasteiger partial charge on any atom is 0.269 e. The number of piperazine rings is 1. The molecule has 0 bridgehead atoms. The van der Waals surface area contributed by atoms with Crippen LogP contribution in [0.25, 0.3) is 11.1 Å². The molecule has 2 aliphatic heterocycles. The summed E-state index contributed by atoms with van der Waals surface area (Å²) in [7, 11) is 0. The van der Waals surface area contributed by atoms with Crippen LogP contribution in [0.4, 0.5) is 11.4 Å². The third-order valence-electron chi connectivity index (χ3n) is 10.5. The second-order valence-corrected chi connectivity index (χ2v) is 14.5. The summed E-state index contributed by atoms with van der Waals surface area (Å²) in [6.07, 6.45) is 3.52. The molecule has 56 heavy (non-hydrogen) atoms. The van der Waals surface area contributed by atoms with E-state index in [1.165, 1.54) is 0 Å². The highest BCUT2D eigenvalue weighted by molar-refractivity contribution is 5.76. The van der Waals surface area contributed by atoms with Crippen molar-refractivity contribution in [2.75, 3.05) is 37.6 Å². The lowest BCUT2D eigenvalue weighted by Crippen LogP contribution is -2.49. The number of rotatable bonds is 17. The molecular weight excluding hydrogens is 714 g/mol. The summed E-state index contributed by atoms with van der Waals surface area (Å²) in [4.78, 5) is 39.0. The first-order chi connectivity index (χ1) is 27.3. The predicted octanol–water partition coefficient (Wildman–Crippen LogP) is 6.58. The Morgan fingerprint density at radius 1 is 0.768 bits per heavy atom. The SMILES string of the molecule is O=C(CCCCCCC(=O)NCc1cccc(-c2cccc([C@@H]3O[C@H](CN4CCN(c5ccc([N+](=O)[O-])cc5)CC4)C[C@H](c4ccc(CO)cc4)O3)c2)c1)NO. The van der Waals surface area contributed by atoms with E-state index in [9.17, 15) is 24.8 Å². The lowest BCUT2D eigenvalue weighted by Gasteiger charge is -2.41. The minimum Gasteiger partial charge on any atom is -0.392 e. The molecule has 3 atom stereocenters. The van der Waals surface area contributed by atoms with Gasteiger partial charge in [-0.05, 0) is 64.9 Å². The number of non-ortho nitro benzene ring substituents is 1. The van der Waals surface area contributed by atoms with Gasteiger partial charge in [0.15, 0.2) is 6.29 Å². The molecule has 0 saturated carbocycles. The Kier molecular flexibility index (Phi) is 14.5. The molecule has 4 aromatic rings. The number of anilines is 1. The lowest BCUT2D eigenvalue weighted by molar-refractivity contribution is -0.384. The van der Waals surface area contributed by atoms with Crippen LogP contribution >= 0.6 is 0 Å². The fraction of sp³-hybridized carbons (Fsp3) is 0.395. The van der Waals surface area contributed by atoms with Crippen LogP contribution < -0.4 is 15.7 Å². The summed E-state index contributed by atoms with van der Waals surface area (Å²) in [6, 6.07) is 30.9. The molecule has 0 radical (unpaired) electrons. The van der Waals surface area contributed by atoms with Crippen molar-refractivity contribution in [3.05, 3.63) is 129 Å². The van der Waals surface area contributed by atoms with Gasteiger partial charge in [-0.15, -0.1) is 0 Å². The quantitative estimate of drug-likeness (QED) is 0.0399. The van der Waals surface area contributed by atoms with E-state index >= 15 is 0 Å². The van der Waals surface area contributed by atoms with Crippen molar-refractivity contribution in [2.24, 2.45) is 0 Å². The zero-order chi connectivity index (χ0) is 39.3. The maximum atomic E-state index is 12.5. The molecule has 4 N–H and O–H groups in total. The maximum absolute atomic E-state index is 12.5. The number of aliphatic hydroxyl groups is 1. The van der Waals surface area contributed by atoms with Crippen molar-refractivity contribution >= 4 is 23.2 Å². The van der Waals surface area contributed by atoms with E-state index in [4.69, 9.17) is 14.7 Å². The third kappa shape index (κ3) is 11.4. The normalized spacial score (nSPS) is 18.7. The number of carbonyl (C=O) groups excluding carboxylic acids is 2. The van der Waals surface area contributed by atoms with Crippen LogP contribution in [-0.4, -0.2) is 70.8 Å². The largest absolute Gasteiger partial charge is 0.392 e. The fourth-order valence-electron chi connectivity index (χ4n) is 7.29. The average molecular weight is 766 g/mol. The molecule has 2 amide bonds. The van der Waals surface area contributed by atoms with Gasteiger partial charge in [0.2, 0.25) is 11.8 Å². The minimum absolute atomic E-state index is 0.0152. The smallest absolute Gasteiger partial charge is 0.269 e. The van der Waals surface area contributed by atoms with Crippen LogP contribution in [0.3, 0.4) is 0 Å². The van der Waals surface area contributed by atoms with E-state index in [2.05, 4.69) is 39.4 Å². The van der Waals surface area contributed by atoms with Gasteiger partial charge in [-0.2, -0.15) is 0 Å². The average Bonchev–Trinajstić information content (AvgIpc) is 3.24.